The highest BCUT2D eigenvalue weighted by Gasteiger charge is 2.21. The maximum absolute atomic E-state index is 5.00. The van der Waals surface area contributed by atoms with Crippen molar-refractivity contribution in [1.82, 2.24) is 10.2 Å². The van der Waals surface area contributed by atoms with Crippen LogP contribution in [0.4, 0.5) is 0 Å². The van der Waals surface area contributed by atoms with E-state index in [0.29, 0.717) is 0 Å². The highest BCUT2D eigenvalue weighted by molar-refractivity contribution is 4.77. The van der Waals surface area contributed by atoms with Gasteiger partial charge in [0.05, 0.1) is 6.61 Å². The van der Waals surface area contributed by atoms with Gasteiger partial charge in [-0.15, -0.1) is 0 Å². The summed E-state index contributed by atoms with van der Waals surface area (Å²) in [6.07, 6.45) is 6.89. The summed E-state index contributed by atoms with van der Waals surface area (Å²) in [5, 5.41) is 3.40. The highest BCUT2D eigenvalue weighted by Crippen LogP contribution is 2.26. The summed E-state index contributed by atoms with van der Waals surface area (Å²) in [6.45, 7) is 6.51. The molecule has 0 radical (unpaired) electrons. The third kappa shape index (κ3) is 6.39. The molecule has 3 nitrogen and oxygen atoms in total. The second-order valence-electron chi connectivity index (χ2n) is 5.50. The van der Waals surface area contributed by atoms with Crippen molar-refractivity contribution in [3.8, 4) is 0 Å². The number of rotatable bonds is 8. The van der Waals surface area contributed by atoms with Crippen molar-refractivity contribution in [1.29, 1.82) is 0 Å². The lowest BCUT2D eigenvalue weighted by Crippen LogP contribution is -2.37. The van der Waals surface area contributed by atoms with E-state index >= 15 is 0 Å². The molecular weight excluding hydrogens is 212 g/mol. The molecule has 0 bridgehead atoms. The van der Waals surface area contributed by atoms with Crippen molar-refractivity contribution < 1.29 is 4.74 Å². The standard InChI is InChI=1S/C14H30N2O/c1-13-6-4-7-14(12-13)16(2)10-5-8-15-9-11-17-3/h13-15H,4-12H2,1-3H3. The molecule has 1 N–H and O–H groups in total. The SMILES string of the molecule is COCCNCCCN(C)C1CCCC(C)C1. The van der Waals surface area contributed by atoms with E-state index in [2.05, 4.69) is 24.2 Å². The normalized spacial score (nSPS) is 25.4. The molecule has 0 saturated heterocycles. The van der Waals surface area contributed by atoms with Gasteiger partial charge in [-0.05, 0) is 45.3 Å². The minimum absolute atomic E-state index is 0.815. The third-order valence-electron chi connectivity index (χ3n) is 3.88. The van der Waals surface area contributed by atoms with Gasteiger partial charge in [-0.3, -0.25) is 0 Å². The van der Waals surface area contributed by atoms with Gasteiger partial charge < -0.3 is 15.0 Å². The molecular formula is C14H30N2O. The van der Waals surface area contributed by atoms with E-state index in [1.807, 2.05) is 0 Å². The molecule has 1 saturated carbocycles. The van der Waals surface area contributed by atoms with E-state index < -0.39 is 0 Å². The van der Waals surface area contributed by atoms with E-state index in [1.54, 1.807) is 7.11 Å². The molecule has 0 amide bonds. The van der Waals surface area contributed by atoms with Crippen LogP contribution in [0.1, 0.15) is 39.0 Å². The topological polar surface area (TPSA) is 24.5 Å². The zero-order chi connectivity index (χ0) is 12.5. The first-order valence-corrected chi connectivity index (χ1v) is 7.14. The molecule has 1 fully saturated rings. The number of ether oxygens (including phenoxy) is 1. The molecule has 3 heteroatoms. The number of nitrogens with one attached hydrogen (secondary N) is 1. The van der Waals surface area contributed by atoms with Crippen LogP contribution in [0.25, 0.3) is 0 Å². The van der Waals surface area contributed by atoms with Gasteiger partial charge in [0.1, 0.15) is 0 Å². The van der Waals surface area contributed by atoms with Gasteiger partial charge in [-0.1, -0.05) is 19.8 Å². The fourth-order valence-electron chi connectivity index (χ4n) is 2.74. The Labute approximate surface area is 107 Å². The van der Waals surface area contributed by atoms with E-state index in [0.717, 1.165) is 31.7 Å². The van der Waals surface area contributed by atoms with Crippen LogP contribution >= 0.6 is 0 Å². The van der Waals surface area contributed by atoms with Crippen LogP contribution in [0.15, 0.2) is 0 Å². The van der Waals surface area contributed by atoms with Crippen LogP contribution in [0.2, 0.25) is 0 Å². The minimum atomic E-state index is 0.815. The van der Waals surface area contributed by atoms with Crippen LogP contribution in [-0.2, 0) is 4.74 Å². The first-order chi connectivity index (χ1) is 8.24. The van der Waals surface area contributed by atoms with Gasteiger partial charge in [0.25, 0.3) is 0 Å². The first-order valence-electron chi connectivity index (χ1n) is 7.14. The first kappa shape index (κ1) is 14.9. The molecule has 0 heterocycles. The Morgan fingerprint density at radius 3 is 2.82 bits per heavy atom. The van der Waals surface area contributed by atoms with Crippen molar-refractivity contribution in [2.75, 3.05) is 40.4 Å². The molecule has 1 aliphatic carbocycles. The van der Waals surface area contributed by atoms with Crippen LogP contribution in [0, 0.1) is 5.92 Å². The Kier molecular flexibility index (Phi) is 7.82. The molecule has 2 atom stereocenters. The van der Waals surface area contributed by atoms with Crippen LogP contribution in [0.5, 0.6) is 0 Å². The van der Waals surface area contributed by atoms with Gasteiger partial charge in [0.15, 0.2) is 0 Å². The van der Waals surface area contributed by atoms with E-state index in [-0.39, 0.29) is 0 Å². The smallest absolute Gasteiger partial charge is 0.0587 e. The predicted molar refractivity (Wildman–Crippen MR) is 73.4 cm³/mol. The quantitative estimate of drug-likeness (QED) is 0.660. The fourth-order valence-corrected chi connectivity index (χ4v) is 2.74. The molecule has 1 aliphatic rings. The van der Waals surface area contributed by atoms with Crippen LogP contribution in [-0.4, -0.2) is 51.3 Å². The van der Waals surface area contributed by atoms with E-state index in [1.165, 1.54) is 38.6 Å². The van der Waals surface area contributed by atoms with Crippen molar-refractivity contribution in [2.45, 2.75) is 45.1 Å². The Balaban J connectivity index is 2.02. The van der Waals surface area contributed by atoms with Crippen molar-refractivity contribution in [3.63, 3.8) is 0 Å². The molecule has 102 valence electrons. The molecule has 0 aliphatic heterocycles. The average Bonchev–Trinajstić information content (AvgIpc) is 2.33. The number of methoxy groups -OCH3 is 1. The Morgan fingerprint density at radius 2 is 2.12 bits per heavy atom. The van der Waals surface area contributed by atoms with Gasteiger partial charge in [-0.2, -0.15) is 0 Å². The lowest BCUT2D eigenvalue weighted by molar-refractivity contribution is 0.161. The molecule has 0 aromatic rings. The summed E-state index contributed by atoms with van der Waals surface area (Å²) in [5.74, 6) is 0.927. The highest BCUT2D eigenvalue weighted by atomic mass is 16.5. The monoisotopic (exact) mass is 242 g/mol. The van der Waals surface area contributed by atoms with Gasteiger partial charge in [-0.25, -0.2) is 0 Å². The van der Waals surface area contributed by atoms with E-state index in [4.69, 9.17) is 4.74 Å². The maximum Gasteiger partial charge on any atom is 0.0587 e. The summed E-state index contributed by atoms with van der Waals surface area (Å²) in [4.78, 5) is 2.56. The number of hydrogen-bond acceptors (Lipinski definition) is 3. The fraction of sp³-hybridized carbons (Fsp3) is 1.00. The van der Waals surface area contributed by atoms with Crippen molar-refractivity contribution in [2.24, 2.45) is 5.92 Å². The summed E-state index contributed by atoms with van der Waals surface area (Å²) in [6, 6.07) is 0.831. The summed E-state index contributed by atoms with van der Waals surface area (Å²) >= 11 is 0. The van der Waals surface area contributed by atoms with E-state index in [9.17, 15) is 0 Å². The Hall–Kier alpha value is -0.120. The second kappa shape index (κ2) is 8.90. The zero-order valence-corrected chi connectivity index (χ0v) is 11.9. The minimum Gasteiger partial charge on any atom is -0.383 e. The molecule has 0 aromatic carbocycles. The average molecular weight is 242 g/mol. The lowest BCUT2D eigenvalue weighted by atomic mass is 9.86. The second-order valence-corrected chi connectivity index (χ2v) is 5.50. The molecule has 2 unspecified atom stereocenters. The third-order valence-corrected chi connectivity index (χ3v) is 3.88. The van der Waals surface area contributed by atoms with Gasteiger partial charge in [0, 0.05) is 19.7 Å². The summed E-state index contributed by atoms with van der Waals surface area (Å²) in [7, 11) is 4.04. The predicted octanol–water partition coefficient (Wildman–Crippen LogP) is 2.12. The number of hydrogen-bond donors (Lipinski definition) is 1. The lowest BCUT2D eigenvalue weighted by Gasteiger charge is -2.34. The molecule has 0 spiro atoms. The van der Waals surface area contributed by atoms with Gasteiger partial charge >= 0.3 is 0 Å². The Bertz CT molecular complexity index is 187. The zero-order valence-electron chi connectivity index (χ0n) is 11.9. The summed E-state index contributed by atoms with van der Waals surface area (Å²) < 4.78 is 5.00. The number of nitrogens with zero attached hydrogens (tertiary/aromatic N) is 1. The molecule has 1 rings (SSSR count). The van der Waals surface area contributed by atoms with Crippen LogP contribution in [0.3, 0.4) is 0 Å². The van der Waals surface area contributed by atoms with Crippen molar-refractivity contribution in [3.05, 3.63) is 0 Å². The van der Waals surface area contributed by atoms with Crippen molar-refractivity contribution >= 4 is 0 Å². The maximum atomic E-state index is 5.00. The summed E-state index contributed by atoms with van der Waals surface area (Å²) in [5.41, 5.74) is 0. The largest absolute Gasteiger partial charge is 0.383 e. The Morgan fingerprint density at radius 1 is 1.29 bits per heavy atom. The van der Waals surface area contributed by atoms with Crippen LogP contribution < -0.4 is 5.32 Å². The molecule has 17 heavy (non-hydrogen) atoms. The van der Waals surface area contributed by atoms with Gasteiger partial charge in [0.2, 0.25) is 0 Å². The molecule has 0 aromatic heterocycles.